The van der Waals surface area contributed by atoms with E-state index in [9.17, 15) is 9.59 Å². The van der Waals surface area contributed by atoms with Crippen LogP contribution in [0.4, 0.5) is 11.4 Å². The van der Waals surface area contributed by atoms with Crippen molar-refractivity contribution in [1.82, 2.24) is 0 Å². The third-order valence-corrected chi connectivity index (χ3v) is 4.95. The van der Waals surface area contributed by atoms with Crippen molar-refractivity contribution in [3.63, 3.8) is 0 Å². The van der Waals surface area contributed by atoms with E-state index < -0.39 is 5.97 Å². The third kappa shape index (κ3) is 4.30. The molecule has 1 aliphatic heterocycles. The summed E-state index contributed by atoms with van der Waals surface area (Å²) in [5.41, 5.74) is 3.78. The first-order chi connectivity index (χ1) is 13.0. The maximum atomic E-state index is 12.8. The summed E-state index contributed by atoms with van der Waals surface area (Å²) in [6.45, 7) is 6.14. The van der Waals surface area contributed by atoms with Gasteiger partial charge in [0.2, 0.25) is 0 Å². The molecule has 5 nitrogen and oxygen atoms in total. The van der Waals surface area contributed by atoms with E-state index >= 15 is 0 Å². The Hall–Kier alpha value is -2.82. The van der Waals surface area contributed by atoms with E-state index in [-0.39, 0.29) is 5.91 Å². The Morgan fingerprint density at radius 2 is 1.63 bits per heavy atom. The molecule has 0 unspecified atom stereocenters. The fourth-order valence-electron chi connectivity index (χ4n) is 3.33. The van der Waals surface area contributed by atoms with Gasteiger partial charge in [-0.2, -0.15) is 0 Å². The monoisotopic (exact) mass is 366 g/mol. The zero-order chi connectivity index (χ0) is 19.4. The molecule has 2 aromatic carbocycles. The third-order valence-electron chi connectivity index (χ3n) is 4.95. The van der Waals surface area contributed by atoms with Crippen LogP contribution in [0.25, 0.3) is 0 Å². The first-order valence-corrected chi connectivity index (χ1v) is 9.38. The summed E-state index contributed by atoms with van der Waals surface area (Å²) in [5.74, 6) is -0.187. The topological polar surface area (TPSA) is 58.6 Å². The minimum absolute atomic E-state index is 0.187. The number of hydrogen-bond acceptors (Lipinski definition) is 4. The van der Waals surface area contributed by atoms with E-state index in [0.717, 1.165) is 31.6 Å². The fourth-order valence-corrected chi connectivity index (χ4v) is 3.33. The van der Waals surface area contributed by atoms with Gasteiger partial charge in [0.15, 0.2) is 0 Å². The zero-order valence-electron chi connectivity index (χ0n) is 16.1. The molecule has 1 heterocycles. The van der Waals surface area contributed by atoms with Crippen molar-refractivity contribution in [1.29, 1.82) is 0 Å². The van der Waals surface area contributed by atoms with Crippen molar-refractivity contribution in [2.24, 2.45) is 0 Å². The van der Waals surface area contributed by atoms with Crippen molar-refractivity contribution in [3.8, 4) is 0 Å². The van der Waals surface area contributed by atoms with E-state index in [1.807, 2.05) is 30.3 Å². The van der Waals surface area contributed by atoms with Gasteiger partial charge in [-0.05, 0) is 54.7 Å². The van der Waals surface area contributed by atoms with Crippen LogP contribution in [-0.4, -0.2) is 32.1 Å². The molecule has 0 radical (unpaired) electrons. The van der Waals surface area contributed by atoms with Gasteiger partial charge in [-0.25, -0.2) is 4.79 Å². The number of amides is 1. The van der Waals surface area contributed by atoms with Gasteiger partial charge in [-0.1, -0.05) is 26.0 Å². The Kier molecular flexibility index (Phi) is 5.79. The average Bonchev–Trinajstić information content (AvgIpc) is 3.21. The quantitative estimate of drug-likeness (QED) is 0.794. The van der Waals surface area contributed by atoms with Crippen molar-refractivity contribution in [2.75, 3.05) is 30.4 Å². The number of ether oxygens (including phenoxy) is 1. The van der Waals surface area contributed by atoms with Crippen LogP contribution < -0.4 is 10.2 Å². The highest BCUT2D eigenvalue weighted by Gasteiger charge is 2.19. The number of benzene rings is 2. The molecule has 0 bridgehead atoms. The van der Waals surface area contributed by atoms with Gasteiger partial charge >= 0.3 is 5.97 Å². The van der Waals surface area contributed by atoms with Gasteiger partial charge in [0.05, 0.1) is 24.0 Å². The molecule has 0 aliphatic carbocycles. The predicted octanol–water partition coefficient (Wildman–Crippen LogP) is 4.45. The second kappa shape index (κ2) is 8.25. The lowest BCUT2D eigenvalue weighted by Gasteiger charge is -2.22. The Bertz CT molecular complexity index is 822. The Labute approximate surface area is 160 Å². The molecule has 3 rings (SSSR count). The van der Waals surface area contributed by atoms with Crippen LogP contribution in [0.1, 0.15) is 58.9 Å². The van der Waals surface area contributed by atoms with Gasteiger partial charge < -0.3 is 15.0 Å². The first-order valence-electron chi connectivity index (χ1n) is 9.38. The highest BCUT2D eigenvalue weighted by atomic mass is 16.5. The van der Waals surface area contributed by atoms with E-state index in [1.165, 1.54) is 12.7 Å². The van der Waals surface area contributed by atoms with Crippen molar-refractivity contribution >= 4 is 23.3 Å². The number of methoxy groups -OCH3 is 1. The molecule has 0 spiro atoms. The summed E-state index contributed by atoms with van der Waals surface area (Å²) in [5, 5.41) is 2.98. The number of carbonyl (C=O) groups excluding carboxylic acids is 2. The summed E-state index contributed by atoms with van der Waals surface area (Å²) in [7, 11) is 1.35. The Balaban J connectivity index is 1.88. The number of rotatable bonds is 5. The van der Waals surface area contributed by atoms with Crippen LogP contribution >= 0.6 is 0 Å². The summed E-state index contributed by atoms with van der Waals surface area (Å²) in [6.07, 6.45) is 2.26. The first kappa shape index (κ1) is 19.0. The minimum atomic E-state index is -0.417. The Morgan fingerprint density at radius 1 is 1.00 bits per heavy atom. The standard InChI is InChI=1S/C22H26N2O3/c1-15(2)16-6-8-17(9-7-16)21(25)23-19-14-18(22(26)27-3)10-11-20(19)24-12-4-5-13-24/h6-11,14-15H,4-5,12-13H2,1-3H3,(H,23,25). The van der Waals surface area contributed by atoms with Gasteiger partial charge in [-0.15, -0.1) is 0 Å². The lowest BCUT2D eigenvalue weighted by molar-refractivity contribution is 0.0600. The van der Waals surface area contributed by atoms with Gasteiger partial charge in [0.25, 0.3) is 5.91 Å². The molecule has 5 heteroatoms. The fraction of sp³-hybridized carbons (Fsp3) is 0.364. The number of esters is 1. The lowest BCUT2D eigenvalue weighted by atomic mass is 10.0. The smallest absolute Gasteiger partial charge is 0.337 e. The molecule has 1 amide bonds. The van der Waals surface area contributed by atoms with Crippen LogP contribution in [-0.2, 0) is 4.74 Å². The Morgan fingerprint density at radius 3 is 2.22 bits per heavy atom. The van der Waals surface area contributed by atoms with Crippen LogP contribution in [0.15, 0.2) is 42.5 Å². The molecule has 0 aromatic heterocycles. The molecule has 27 heavy (non-hydrogen) atoms. The molecular formula is C22H26N2O3. The summed E-state index contributed by atoms with van der Waals surface area (Å²) < 4.78 is 4.82. The molecule has 1 aliphatic rings. The minimum Gasteiger partial charge on any atom is -0.465 e. The van der Waals surface area contributed by atoms with Crippen molar-refractivity contribution < 1.29 is 14.3 Å². The highest BCUT2D eigenvalue weighted by molar-refractivity contribution is 6.06. The number of nitrogens with zero attached hydrogens (tertiary/aromatic N) is 1. The summed E-state index contributed by atoms with van der Waals surface area (Å²) >= 11 is 0. The average molecular weight is 366 g/mol. The van der Waals surface area contributed by atoms with E-state index in [0.29, 0.717) is 22.7 Å². The number of anilines is 2. The molecule has 0 saturated carbocycles. The van der Waals surface area contributed by atoms with E-state index in [1.54, 1.807) is 12.1 Å². The van der Waals surface area contributed by atoms with Gasteiger partial charge in [0, 0.05) is 18.7 Å². The van der Waals surface area contributed by atoms with Crippen LogP contribution in [0.5, 0.6) is 0 Å². The SMILES string of the molecule is COC(=O)c1ccc(N2CCCC2)c(NC(=O)c2ccc(C(C)C)cc2)c1. The van der Waals surface area contributed by atoms with E-state index in [2.05, 4.69) is 24.1 Å². The maximum absolute atomic E-state index is 12.8. The summed E-state index contributed by atoms with van der Waals surface area (Å²) in [6, 6.07) is 13.0. The van der Waals surface area contributed by atoms with Crippen molar-refractivity contribution in [2.45, 2.75) is 32.6 Å². The molecule has 1 N–H and O–H groups in total. The summed E-state index contributed by atoms with van der Waals surface area (Å²) in [4.78, 5) is 26.9. The molecule has 1 saturated heterocycles. The second-order valence-corrected chi connectivity index (χ2v) is 7.15. The normalized spacial score (nSPS) is 13.7. The maximum Gasteiger partial charge on any atom is 0.337 e. The highest BCUT2D eigenvalue weighted by Crippen LogP contribution is 2.31. The molecule has 2 aromatic rings. The van der Waals surface area contributed by atoms with Gasteiger partial charge in [-0.3, -0.25) is 4.79 Å². The largest absolute Gasteiger partial charge is 0.465 e. The molecule has 1 fully saturated rings. The number of hydrogen-bond donors (Lipinski definition) is 1. The number of nitrogens with one attached hydrogen (secondary N) is 1. The molecular weight excluding hydrogens is 340 g/mol. The van der Waals surface area contributed by atoms with E-state index in [4.69, 9.17) is 4.74 Å². The second-order valence-electron chi connectivity index (χ2n) is 7.15. The van der Waals surface area contributed by atoms with Crippen LogP contribution in [0.3, 0.4) is 0 Å². The zero-order valence-corrected chi connectivity index (χ0v) is 16.1. The van der Waals surface area contributed by atoms with Gasteiger partial charge in [0.1, 0.15) is 0 Å². The predicted molar refractivity (Wildman–Crippen MR) is 108 cm³/mol. The molecule has 142 valence electrons. The number of carbonyl (C=O) groups is 2. The van der Waals surface area contributed by atoms with Crippen molar-refractivity contribution in [3.05, 3.63) is 59.2 Å². The molecule has 0 atom stereocenters. The van der Waals surface area contributed by atoms with Crippen LogP contribution in [0.2, 0.25) is 0 Å². The van der Waals surface area contributed by atoms with Crippen LogP contribution in [0, 0.1) is 0 Å². The lowest BCUT2D eigenvalue weighted by Crippen LogP contribution is -2.21.